The summed E-state index contributed by atoms with van der Waals surface area (Å²) in [5, 5.41) is 0. The summed E-state index contributed by atoms with van der Waals surface area (Å²) < 4.78 is 31.7. The SMILES string of the molecule is C=COS(=O)S(=O)O. The van der Waals surface area contributed by atoms with Crippen LogP contribution in [0.4, 0.5) is 0 Å². The normalized spacial score (nSPS) is 16.6. The zero-order valence-electron chi connectivity index (χ0n) is 3.77. The molecule has 0 bridgehead atoms. The van der Waals surface area contributed by atoms with E-state index in [0.717, 1.165) is 6.26 Å². The minimum atomic E-state index is -2.43. The Labute approximate surface area is 50.9 Å². The molecule has 0 spiro atoms. The third-order valence-corrected chi connectivity index (χ3v) is 1.72. The first-order valence-electron chi connectivity index (χ1n) is 1.49. The largest absolute Gasteiger partial charge is 0.398 e. The molecule has 0 fully saturated rings. The van der Waals surface area contributed by atoms with Gasteiger partial charge in [0.05, 0.1) is 6.26 Å². The first kappa shape index (κ1) is 7.80. The van der Waals surface area contributed by atoms with Gasteiger partial charge < -0.3 is 4.18 Å². The van der Waals surface area contributed by atoms with Crippen LogP contribution < -0.4 is 0 Å². The van der Waals surface area contributed by atoms with Crippen LogP contribution in [0.15, 0.2) is 12.8 Å². The summed E-state index contributed by atoms with van der Waals surface area (Å²) >= 11 is 0. The van der Waals surface area contributed by atoms with E-state index >= 15 is 0 Å². The molecule has 0 aromatic carbocycles. The Kier molecular flexibility index (Phi) is 3.67. The predicted molar refractivity (Wildman–Crippen MR) is 30.2 cm³/mol. The summed E-state index contributed by atoms with van der Waals surface area (Å²) in [6, 6.07) is 0. The van der Waals surface area contributed by atoms with E-state index < -0.39 is 20.2 Å². The van der Waals surface area contributed by atoms with Crippen molar-refractivity contribution in [1.29, 1.82) is 0 Å². The third-order valence-electron chi connectivity index (χ3n) is 0.263. The molecule has 6 heteroatoms. The molecule has 0 saturated heterocycles. The molecule has 48 valence electrons. The molecule has 0 amide bonds. The standard InChI is InChI=1S/C2H4O4S2/c1-2-6-8(5)7(3)4/h2H,1H2,(H,3,4). The molecular weight excluding hydrogens is 152 g/mol. The molecule has 0 radical (unpaired) electrons. The van der Waals surface area contributed by atoms with Crippen LogP contribution in [0.2, 0.25) is 0 Å². The van der Waals surface area contributed by atoms with E-state index in [0.29, 0.717) is 0 Å². The van der Waals surface area contributed by atoms with Crippen LogP contribution in [-0.4, -0.2) is 13.0 Å². The highest BCUT2D eigenvalue weighted by atomic mass is 33.2. The summed E-state index contributed by atoms with van der Waals surface area (Å²) in [5.74, 6) is 0. The second kappa shape index (κ2) is 3.76. The van der Waals surface area contributed by atoms with Crippen molar-refractivity contribution >= 4 is 20.2 Å². The number of hydrogen-bond donors (Lipinski definition) is 1. The van der Waals surface area contributed by atoms with E-state index in [2.05, 4.69) is 10.8 Å². The summed E-state index contributed by atoms with van der Waals surface area (Å²) in [5.41, 5.74) is 0. The molecule has 0 aliphatic heterocycles. The lowest BCUT2D eigenvalue weighted by Gasteiger charge is -1.88. The van der Waals surface area contributed by atoms with Crippen molar-refractivity contribution < 1.29 is 17.2 Å². The van der Waals surface area contributed by atoms with Crippen molar-refractivity contribution in [2.45, 2.75) is 0 Å². The van der Waals surface area contributed by atoms with E-state index in [4.69, 9.17) is 4.55 Å². The Balaban J connectivity index is 3.65. The molecule has 2 atom stereocenters. The highest BCUT2D eigenvalue weighted by Gasteiger charge is 2.03. The van der Waals surface area contributed by atoms with Crippen LogP contribution in [0, 0.1) is 0 Å². The molecule has 0 saturated carbocycles. The van der Waals surface area contributed by atoms with Gasteiger partial charge in [-0.25, -0.2) is 4.21 Å². The maximum absolute atomic E-state index is 10.0. The Bertz CT molecular complexity index is 130. The van der Waals surface area contributed by atoms with Gasteiger partial charge >= 0.3 is 10.1 Å². The molecule has 8 heavy (non-hydrogen) atoms. The average Bonchev–Trinajstić information content (AvgIpc) is 1.67. The van der Waals surface area contributed by atoms with Crippen molar-refractivity contribution in [3.8, 4) is 0 Å². The maximum atomic E-state index is 10.0. The third kappa shape index (κ3) is 2.89. The molecular formula is C2H4O4S2. The topological polar surface area (TPSA) is 63.6 Å². The highest BCUT2D eigenvalue weighted by molar-refractivity contribution is 8.56. The van der Waals surface area contributed by atoms with E-state index in [-0.39, 0.29) is 0 Å². The maximum Gasteiger partial charge on any atom is 0.329 e. The zero-order valence-corrected chi connectivity index (χ0v) is 5.41. The summed E-state index contributed by atoms with van der Waals surface area (Å²) in [6.45, 7) is 3.02. The highest BCUT2D eigenvalue weighted by Crippen LogP contribution is 1.88. The van der Waals surface area contributed by atoms with Crippen LogP contribution in [0.3, 0.4) is 0 Å². The van der Waals surface area contributed by atoms with Crippen LogP contribution in [0.1, 0.15) is 0 Å². The van der Waals surface area contributed by atoms with Crippen LogP contribution in [-0.2, 0) is 24.4 Å². The first-order chi connectivity index (χ1) is 3.68. The van der Waals surface area contributed by atoms with E-state index in [1.165, 1.54) is 0 Å². The molecule has 0 aliphatic rings. The van der Waals surface area contributed by atoms with Gasteiger partial charge in [-0.2, -0.15) is 4.21 Å². The van der Waals surface area contributed by atoms with Crippen LogP contribution >= 0.6 is 0 Å². The van der Waals surface area contributed by atoms with Gasteiger partial charge in [-0.3, -0.25) is 4.55 Å². The van der Waals surface area contributed by atoms with Crippen molar-refractivity contribution in [2.75, 3.05) is 0 Å². The quantitative estimate of drug-likeness (QED) is 0.353. The summed E-state index contributed by atoms with van der Waals surface area (Å²) in [7, 11) is -4.59. The molecule has 0 heterocycles. The van der Waals surface area contributed by atoms with Gasteiger partial charge in [0, 0.05) is 0 Å². The Hall–Kier alpha value is -0.200. The van der Waals surface area contributed by atoms with Crippen molar-refractivity contribution in [3.05, 3.63) is 12.8 Å². The minimum Gasteiger partial charge on any atom is -0.398 e. The van der Waals surface area contributed by atoms with E-state index in [1.807, 2.05) is 0 Å². The Morgan fingerprint density at radius 3 is 2.25 bits per heavy atom. The second-order valence-corrected chi connectivity index (χ2v) is 3.39. The molecule has 1 N–H and O–H groups in total. The predicted octanol–water partition coefficient (Wildman–Crippen LogP) is -0.0531. The summed E-state index contributed by atoms with van der Waals surface area (Å²) in [4.78, 5) is 0. The lowest BCUT2D eigenvalue weighted by atomic mass is 11.2. The fourth-order valence-electron chi connectivity index (χ4n) is 0.0892. The molecule has 0 aromatic rings. The van der Waals surface area contributed by atoms with E-state index in [1.54, 1.807) is 0 Å². The Morgan fingerprint density at radius 1 is 1.62 bits per heavy atom. The fraction of sp³-hybridized carbons (Fsp3) is 0. The van der Waals surface area contributed by atoms with Gasteiger partial charge in [-0.1, -0.05) is 6.58 Å². The van der Waals surface area contributed by atoms with Crippen molar-refractivity contribution in [1.82, 2.24) is 0 Å². The molecule has 0 aliphatic carbocycles. The smallest absolute Gasteiger partial charge is 0.329 e. The van der Waals surface area contributed by atoms with Gasteiger partial charge in [-0.05, 0) is 0 Å². The van der Waals surface area contributed by atoms with Gasteiger partial charge in [0.15, 0.2) is 0 Å². The molecule has 0 rings (SSSR count). The minimum absolute atomic E-state index is 0.838. The monoisotopic (exact) mass is 156 g/mol. The molecule has 4 nitrogen and oxygen atoms in total. The van der Waals surface area contributed by atoms with Crippen LogP contribution in [0.25, 0.3) is 0 Å². The Morgan fingerprint density at radius 2 is 2.12 bits per heavy atom. The lowest BCUT2D eigenvalue weighted by molar-refractivity contribution is 0.508. The van der Waals surface area contributed by atoms with Gasteiger partial charge in [0.2, 0.25) is 0 Å². The zero-order chi connectivity index (χ0) is 6.57. The van der Waals surface area contributed by atoms with E-state index in [9.17, 15) is 8.42 Å². The summed E-state index contributed by atoms with van der Waals surface area (Å²) in [6.07, 6.45) is 0.838. The molecule has 2 unspecified atom stereocenters. The second-order valence-electron chi connectivity index (χ2n) is 0.684. The average molecular weight is 156 g/mol. The first-order valence-corrected chi connectivity index (χ1v) is 4.19. The van der Waals surface area contributed by atoms with Gasteiger partial charge in [0.25, 0.3) is 10.1 Å². The van der Waals surface area contributed by atoms with Gasteiger partial charge in [-0.15, -0.1) is 0 Å². The number of hydrogen-bond acceptors (Lipinski definition) is 3. The fourth-order valence-corrected chi connectivity index (χ4v) is 0.636. The van der Waals surface area contributed by atoms with Crippen molar-refractivity contribution in [2.24, 2.45) is 0 Å². The number of rotatable bonds is 3. The van der Waals surface area contributed by atoms with Gasteiger partial charge in [0.1, 0.15) is 0 Å². The van der Waals surface area contributed by atoms with Crippen molar-refractivity contribution in [3.63, 3.8) is 0 Å². The van der Waals surface area contributed by atoms with Crippen LogP contribution in [0.5, 0.6) is 0 Å². The molecule has 0 aromatic heterocycles. The lowest BCUT2D eigenvalue weighted by Crippen LogP contribution is -1.97.